The standard InChI is InChI=1S/C9H19NO5S2/c1-8(16(3)12)7-10-17(13,14)6-4-5-9(11)15-2/h8,10H,4-7H2,1-3H3. The summed E-state index contributed by atoms with van der Waals surface area (Å²) in [5, 5.41) is -0.231. The summed E-state index contributed by atoms with van der Waals surface area (Å²) in [6, 6.07) is 0. The van der Waals surface area contributed by atoms with Gasteiger partial charge in [-0.2, -0.15) is 0 Å². The average Bonchev–Trinajstić information content (AvgIpc) is 2.25. The van der Waals surface area contributed by atoms with E-state index in [4.69, 9.17) is 0 Å². The van der Waals surface area contributed by atoms with Crippen molar-refractivity contribution in [3.05, 3.63) is 0 Å². The summed E-state index contributed by atoms with van der Waals surface area (Å²) in [5.41, 5.74) is 0. The molecule has 1 N–H and O–H groups in total. The molecule has 0 bridgehead atoms. The first-order valence-corrected chi connectivity index (χ1v) is 8.42. The Morgan fingerprint density at radius 1 is 1.47 bits per heavy atom. The first-order valence-electron chi connectivity index (χ1n) is 5.15. The monoisotopic (exact) mass is 285 g/mol. The third kappa shape index (κ3) is 8.28. The number of nitrogens with one attached hydrogen (secondary N) is 1. The Morgan fingerprint density at radius 2 is 2.06 bits per heavy atom. The van der Waals surface area contributed by atoms with Crippen molar-refractivity contribution in [2.24, 2.45) is 0 Å². The second-order valence-electron chi connectivity index (χ2n) is 3.66. The van der Waals surface area contributed by atoms with E-state index in [0.29, 0.717) is 0 Å². The Kier molecular flexibility index (Phi) is 7.56. The molecule has 0 fully saturated rings. The minimum Gasteiger partial charge on any atom is -0.469 e. The molecular formula is C9H19NO5S2. The van der Waals surface area contributed by atoms with Gasteiger partial charge in [-0.1, -0.05) is 0 Å². The van der Waals surface area contributed by atoms with Crippen molar-refractivity contribution in [1.29, 1.82) is 0 Å². The number of carbonyl (C=O) groups excluding carboxylic acids is 1. The van der Waals surface area contributed by atoms with Gasteiger partial charge in [-0.15, -0.1) is 0 Å². The van der Waals surface area contributed by atoms with E-state index in [9.17, 15) is 17.4 Å². The fourth-order valence-corrected chi connectivity index (χ4v) is 2.54. The van der Waals surface area contributed by atoms with Crippen LogP contribution >= 0.6 is 0 Å². The number of ether oxygens (including phenoxy) is 1. The molecule has 0 rings (SSSR count). The van der Waals surface area contributed by atoms with Crippen LogP contribution in [0.5, 0.6) is 0 Å². The summed E-state index contributed by atoms with van der Waals surface area (Å²) in [6.07, 6.45) is 1.81. The number of sulfonamides is 1. The van der Waals surface area contributed by atoms with Crippen LogP contribution < -0.4 is 4.72 Å². The third-order valence-corrected chi connectivity index (χ3v) is 4.91. The van der Waals surface area contributed by atoms with Gasteiger partial charge in [0.05, 0.1) is 12.9 Å². The predicted molar refractivity (Wildman–Crippen MR) is 66.6 cm³/mol. The van der Waals surface area contributed by atoms with E-state index in [1.165, 1.54) is 13.4 Å². The minimum atomic E-state index is -3.41. The number of carbonyl (C=O) groups is 1. The van der Waals surface area contributed by atoms with E-state index in [0.717, 1.165) is 0 Å². The van der Waals surface area contributed by atoms with E-state index in [1.54, 1.807) is 6.92 Å². The zero-order valence-electron chi connectivity index (χ0n) is 10.3. The van der Waals surface area contributed by atoms with Crippen molar-refractivity contribution in [2.45, 2.75) is 25.0 Å². The molecule has 0 heterocycles. The van der Waals surface area contributed by atoms with Gasteiger partial charge in [-0.3, -0.25) is 9.00 Å². The number of esters is 1. The van der Waals surface area contributed by atoms with Gasteiger partial charge in [0.2, 0.25) is 10.0 Å². The maximum atomic E-state index is 11.5. The Morgan fingerprint density at radius 3 is 2.53 bits per heavy atom. The summed E-state index contributed by atoms with van der Waals surface area (Å²) >= 11 is 0. The number of rotatable bonds is 8. The summed E-state index contributed by atoms with van der Waals surface area (Å²) in [4.78, 5) is 10.8. The number of methoxy groups -OCH3 is 1. The van der Waals surface area contributed by atoms with Crippen molar-refractivity contribution in [1.82, 2.24) is 4.72 Å². The van der Waals surface area contributed by atoms with E-state index in [1.807, 2.05) is 0 Å². The fraction of sp³-hybridized carbons (Fsp3) is 0.889. The van der Waals surface area contributed by atoms with Gasteiger partial charge in [0.1, 0.15) is 0 Å². The summed E-state index contributed by atoms with van der Waals surface area (Å²) in [7, 11) is -3.21. The van der Waals surface area contributed by atoms with E-state index in [-0.39, 0.29) is 30.4 Å². The first-order chi connectivity index (χ1) is 7.78. The smallest absolute Gasteiger partial charge is 0.305 e. The highest BCUT2D eigenvalue weighted by atomic mass is 32.2. The third-order valence-electron chi connectivity index (χ3n) is 2.18. The molecule has 0 spiro atoms. The van der Waals surface area contributed by atoms with Gasteiger partial charge in [0.15, 0.2) is 0 Å². The molecule has 0 amide bonds. The molecule has 0 aromatic rings. The molecule has 0 aliphatic rings. The van der Waals surface area contributed by atoms with E-state index < -0.39 is 26.8 Å². The lowest BCUT2D eigenvalue weighted by atomic mass is 10.3. The molecule has 6 nitrogen and oxygen atoms in total. The highest BCUT2D eigenvalue weighted by Crippen LogP contribution is 1.98. The van der Waals surface area contributed by atoms with Crippen LogP contribution in [0.2, 0.25) is 0 Å². The summed E-state index contributed by atoms with van der Waals surface area (Å²) < 4.78 is 40.7. The lowest BCUT2D eigenvalue weighted by molar-refractivity contribution is -0.140. The fourth-order valence-electron chi connectivity index (χ4n) is 0.942. The lowest BCUT2D eigenvalue weighted by Gasteiger charge is -2.10. The Bertz CT molecular complexity index is 366. The van der Waals surface area contributed by atoms with Crippen molar-refractivity contribution in [3.63, 3.8) is 0 Å². The lowest BCUT2D eigenvalue weighted by Crippen LogP contribution is -2.34. The van der Waals surface area contributed by atoms with Gasteiger partial charge in [-0.25, -0.2) is 13.1 Å². The molecule has 0 saturated heterocycles. The number of hydrogen-bond donors (Lipinski definition) is 1. The van der Waals surface area contributed by atoms with Gasteiger partial charge in [0, 0.05) is 35.3 Å². The molecule has 0 aromatic carbocycles. The summed E-state index contributed by atoms with van der Waals surface area (Å²) in [5.74, 6) is -0.561. The van der Waals surface area contributed by atoms with Crippen LogP contribution in [0, 0.1) is 0 Å². The molecule has 0 saturated carbocycles. The Hall–Kier alpha value is -0.470. The Balaban J connectivity index is 3.97. The maximum absolute atomic E-state index is 11.5. The van der Waals surface area contributed by atoms with Crippen molar-refractivity contribution in [2.75, 3.05) is 25.7 Å². The predicted octanol–water partition coefficient (Wildman–Crippen LogP) is -0.374. The van der Waals surface area contributed by atoms with E-state index >= 15 is 0 Å². The van der Waals surface area contributed by atoms with Crippen LogP contribution in [0.1, 0.15) is 19.8 Å². The van der Waals surface area contributed by atoms with Crippen LogP contribution in [0.4, 0.5) is 0 Å². The zero-order chi connectivity index (χ0) is 13.5. The van der Waals surface area contributed by atoms with Gasteiger partial charge in [0.25, 0.3) is 0 Å². The molecule has 102 valence electrons. The zero-order valence-corrected chi connectivity index (χ0v) is 11.9. The topological polar surface area (TPSA) is 89.5 Å². The van der Waals surface area contributed by atoms with Crippen molar-refractivity contribution >= 4 is 26.8 Å². The Labute approximate surface area is 105 Å². The van der Waals surface area contributed by atoms with E-state index in [2.05, 4.69) is 9.46 Å². The van der Waals surface area contributed by atoms with Crippen molar-refractivity contribution in [3.8, 4) is 0 Å². The van der Waals surface area contributed by atoms with Crippen LogP contribution in [-0.2, 0) is 30.4 Å². The second kappa shape index (κ2) is 7.78. The van der Waals surface area contributed by atoms with Crippen LogP contribution in [0.3, 0.4) is 0 Å². The molecule has 0 radical (unpaired) electrons. The van der Waals surface area contributed by atoms with Crippen LogP contribution in [-0.4, -0.2) is 49.5 Å². The largest absolute Gasteiger partial charge is 0.469 e. The molecule has 0 aromatic heterocycles. The van der Waals surface area contributed by atoms with Crippen molar-refractivity contribution < 1.29 is 22.2 Å². The van der Waals surface area contributed by atoms with Crippen LogP contribution in [0.15, 0.2) is 0 Å². The second-order valence-corrected chi connectivity index (χ2v) is 7.38. The highest BCUT2D eigenvalue weighted by Gasteiger charge is 2.14. The first kappa shape index (κ1) is 16.5. The molecule has 0 aliphatic carbocycles. The minimum absolute atomic E-state index is 0.0761. The molecule has 2 atom stereocenters. The molecule has 2 unspecified atom stereocenters. The molecule has 8 heteroatoms. The number of hydrogen-bond acceptors (Lipinski definition) is 5. The maximum Gasteiger partial charge on any atom is 0.305 e. The molecule has 0 aliphatic heterocycles. The average molecular weight is 285 g/mol. The quantitative estimate of drug-likeness (QED) is 0.614. The normalized spacial score (nSPS) is 15.2. The van der Waals surface area contributed by atoms with Crippen LogP contribution in [0.25, 0.3) is 0 Å². The van der Waals surface area contributed by atoms with Gasteiger partial charge in [-0.05, 0) is 13.3 Å². The molecular weight excluding hydrogens is 266 g/mol. The SMILES string of the molecule is COC(=O)CCCS(=O)(=O)NCC(C)S(C)=O. The molecule has 17 heavy (non-hydrogen) atoms. The van der Waals surface area contributed by atoms with Gasteiger partial charge >= 0.3 is 5.97 Å². The summed E-state index contributed by atoms with van der Waals surface area (Å²) in [6.45, 7) is 1.84. The highest BCUT2D eigenvalue weighted by molar-refractivity contribution is 7.89. The van der Waals surface area contributed by atoms with Gasteiger partial charge < -0.3 is 4.74 Å².